The summed E-state index contributed by atoms with van der Waals surface area (Å²) in [4.78, 5) is 25.9. The second-order valence-electron chi connectivity index (χ2n) is 4.61. The van der Waals surface area contributed by atoms with Gasteiger partial charge < -0.3 is 15.0 Å². The molecule has 2 amide bonds. The Morgan fingerprint density at radius 1 is 1.30 bits per heavy atom. The van der Waals surface area contributed by atoms with Gasteiger partial charge in [0.15, 0.2) is 0 Å². The van der Waals surface area contributed by atoms with Gasteiger partial charge in [-0.15, -0.1) is 0 Å². The van der Waals surface area contributed by atoms with E-state index in [2.05, 4.69) is 5.32 Å². The first kappa shape index (κ1) is 14.8. The Bertz CT molecular complexity index is 501. The average Bonchev–Trinajstić information content (AvgIpc) is 2.47. The Hall–Kier alpha value is -1.59. The molecule has 1 fully saturated rings. The Labute approximate surface area is 122 Å². The van der Waals surface area contributed by atoms with Gasteiger partial charge >= 0.3 is 0 Å². The van der Waals surface area contributed by atoms with E-state index in [4.69, 9.17) is 16.3 Å². The first-order valence-corrected chi connectivity index (χ1v) is 6.89. The molecule has 1 aliphatic rings. The summed E-state index contributed by atoms with van der Waals surface area (Å²) in [5.41, 5.74) is 0.371. The average molecular weight is 297 g/mol. The fourth-order valence-corrected chi connectivity index (χ4v) is 2.26. The first-order valence-electron chi connectivity index (χ1n) is 6.51. The third kappa shape index (κ3) is 3.49. The molecule has 1 aromatic carbocycles. The highest BCUT2D eigenvalue weighted by Gasteiger charge is 2.24. The lowest BCUT2D eigenvalue weighted by molar-refractivity contribution is -0.136. The van der Waals surface area contributed by atoms with Crippen LogP contribution in [0, 0.1) is 0 Å². The zero-order valence-corrected chi connectivity index (χ0v) is 12.0. The summed E-state index contributed by atoms with van der Waals surface area (Å²) in [5, 5.41) is 3.05. The third-order valence-electron chi connectivity index (χ3n) is 3.16. The van der Waals surface area contributed by atoms with E-state index in [0.29, 0.717) is 36.9 Å². The van der Waals surface area contributed by atoms with Gasteiger partial charge in [0.25, 0.3) is 5.91 Å². The molecule has 0 aromatic heterocycles. The van der Waals surface area contributed by atoms with Gasteiger partial charge in [-0.2, -0.15) is 0 Å². The molecule has 0 aliphatic carbocycles. The van der Waals surface area contributed by atoms with Crippen molar-refractivity contribution in [2.45, 2.75) is 13.0 Å². The number of carbonyl (C=O) groups is 2. The standard InChI is InChI=1S/C14H17ClN2O3/c1-10(14(19)17-6-8-20-9-7-17)16-13(18)11-4-2-3-5-12(11)15/h2-5,10H,6-9H2,1H3,(H,16,18). The van der Waals surface area contributed by atoms with Crippen LogP contribution in [0.5, 0.6) is 0 Å². The summed E-state index contributed by atoms with van der Waals surface area (Å²) >= 11 is 5.96. The monoisotopic (exact) mass is 296 g/mol. The topological polar surface area (TPSA) is 58.6 Å². The van der Waals surface area contributed by atoms with Crippen LogP contribution in [-0.4, -0.2) is 49.1 Å². The van der Waals surface area contributed by atoms with Crippen LogP contribution in [0.1, 0.15) is 17.3 Å². The van der Waals surface area contributed by atoms with Crippen LogP contribution in [0.15, 0.2) is 24.3 Å². The fraction of sp³-hybridized carbons (Fsp3) is 0.429. The maximum absolute atomic E-state index is 12.2. The van der Waals surface area contributed by atoms with Crippen molar-refractivity contribution in [2.24, 2.45) is 0 Å². The number of nitrogens with one attached hydrogen (secondary N) is 1. The highest BCUT2D eigenvalue weighted by molar-refractivity contribution is 6.33. The van der Waals surface area contributed by atoms with Crippen molar-refractivity contribution in [3.05, 3.63) is 34.9 Å². The van der Waals surface area contributed by atoms with Gasteiger partial charge in [-0.1, -0.05) is 23.7 Å². The highest BCUT2D eigenvalue weighted by atomic mass is 35.5. The van der Waals surface area contributed by atoms with Gasteiger partial charge in [0.1, 0.15) is 6.04 Å². The molecular weight excluding hydrogens is 280 g/mol. The SMILES string of the molecule is CC(NC(=O)c1ccccc1Cl)C(=O)N1CCOCC1. The molecule has 1 heterocycles. The predicted molar refractivity (Wildman–Crippen MR) is 75.8 cm³/mol. The second-order valence-corrected chi connectivity index (χ2v) is 5.02. The number of carbonyl (C=O) groups excluding carboxylic acids is 2. The minimum atomic E-state index is -0.586. The van der Waals surface area contributed by atoms with Crippen LogP contribution in [0.25, 0.3) is 0 Å². The van der Waals surface area contributed by atoms with E-state index >= 15 is 0 Å². The number of rotatable bonds is 3. The largest absolute Gasteiger partial charge is 0.378 e. The van der Waals surface area contributed by atoms with Crippen molar-refractivity contribution >= 4 is 23.4 Å². The summed E-state index contributed by atoms with van der Waals surface area (Å²) < 4.78 is 5.20. The molecule has 1 aromatic rings. The Balaban J connectivity index is 1.97. The van der Waals surface area contributed by atoms with E-state index in [9.17, 15) is 9.59 Å². The molecule has 0 bridgehead atoms. The highest BCUT2D eigenvalue weighted by Crippen LogP contribution is 2.14. The van der Waals surface area contributed by atoms with Crippen LogP contribution < -0.4 is 5.32 Å². The molecule has 108 valence electrons. The van der Waals surface area contributed by atoms with Crippen molar-refractivity contribution in [1.29, 1.82) is 0 Å². The molecule has 1 unspecified atom stereocenters. The lowest BCUT2D eigenvalue weighted by Gasteiger charge is -2.29. The van der Waals surface area contributed by atoms with E-state index < -0.39 is 6.04 Å². The zero-order valence-electron chi connectivity index (χ0n) is 11.3. The molecule has 2 rings (SSSR count). The number of morpholine rings is 1. The summed E-state index contributed by atoms with van der Waals surface area (Å²) in [6, 6.07) is 6.17. The van der Waals surface area contributed by atoms with Crippen molar-refractivity contribution in [3.63, 3.8) is 0 Å². The van der Waals surface area contributed by atoms with Gasteiger partial charge in [-0.3, -0.25) is 9.59 Å². The van der Waals surface area contributed by atoms with Crippen LogP contribution in [0.2, 0.25) is 5.02 Å². The molecule has 0 radical (unpaired) electrons. The Kier molecular flexibility index (Phi) is 4.98. The maximum Gasteiger partial charge on any atom is 0.253 e. The molecule has 20 heavy (non-hydrogen) atoms. The Morgan fingerprint density at radius 3 is 2.60 bits per heavy atom. The van der Waals surface area contributed by atoms with Gasteiger partial charge in [-0.05, 0) is 19.1 Å². The van der Waals surface area contributed by atoms with Crippen LogP contribution in [0.4, 0.5) is 0 Å². The Morgan fingerprint density at radius 2 is 1.95 bits per heavy atom. The van der Waals surface area contributed by atoms with Gasteiger partial charge in [0.2, 0.25) is 5.91 Å². The quantitative estimate of drug-likeness (QED) is 0.915. The van der Waals surface area contributed by atoms with E-state index in [1.807, 2.05) is 0 Å². The minimum Gasteiger partial charge on any atom is -0.378 e. The number of halogens is 1. The molecule has 1 aliphatic heterocycles. The first-order chi connectivity index (χ1) is 9.59. The molecule has 5 nitrogen and oxygen atoms in total. The molecule has 0 spiro atoms. The van der Waals surface area contributed by atoms with Crippen molar-refractivity contribution in [1.82, 2.24) is 10.2 Å². The molecule has 1 saturated heterocycles. The van der Waals surface area contributed by atoms with Gasteiger partial charge in [-0.25, -0.2) is 0 Å². The van der Waals surface area contributed by atoms with Gasteiger partial charge in [0, 0.05) is 13.1 Å². The van der Waals surface area contributed by atoms with Crippen LogP contribution in [0.3, 0.4) is 0 Å². The number of hydrogen-bond acceptors (Lipinski definition) is 3. The van der Waals surface area contributed by atoms with E-state index in [-0.39, 0.29) is 11.8 Å². The smallest absolute Gasteiger partial charge is 0.253 e. The maximum atomic E-state index is 12.2. The molecule has 6 heteroatoms. The predicted octanol–water partition coefficient (Wildman–Crippen LogP) is 1.32. The van der Waals surface area contributed by atoms with E-state index in [0.717, 1.165) is 0 Å². The van der Waals surface area contributed by atoms with E-state index in [1.165, 1.54) is 0 Å². The minimum absolute atomic E-state index is 0.103. The van der Waals surface area contributed by atoms with Crippen LogP contribution in [-0.2, 0) is 9.53 Å². The molecule has 1 atom stereocenters. The van der Waals surface area contributed by atoms with Gasteiger partial charge in [0.05, 0.1) is 23.8 Å². The number of ether oxygens (including phenoxy) is 1. The van der Waals surface area contributed by atoms with E-state index in [1.54, 1.807) is 36.1 Å². The van der Waals surface area contributed by atoms with Crippen molar-refractivity contribution in [2.75, 3.05) is 26.3 Å². The summed E-state index contributed by atoms with van der Waals surface area (Å²) in [5.74, 6) is -0.446. The summed E-state index contributed by atoms with van der Waals surface area (Å²) in [6.07, 6.45) is 0. The fourth-order valence-electron chi connectivity index (χ4n) is 2.04. The third-order valence-corrected chi connectivity index (χ3v) is 3.49. The number of amides is 2. The molecule has 1 N–H and O–H groups in total. The molecule has 0 saturated carbocycles. The van der Waals surface area contributed by atoms with Crippen molar-refractivity contribution < 1.29 is 14.3 Å². The number of hydrogen-bond donors (Lipinski definition) is 1. The lowest BCUT2D eigenvalue weighted by atomic mass is 10.2. The second kappa shape index (κ2) is 6.72. The van der Waals surface area contributed by atoms with Crippen LogP contribution >= 0.6 is 11.6 Å². The summed E-state index contributed by atoms with van der Waals surface area (Å²) in [7, 11) is 0. The number of benzene rings is 1. The zero-order chi connectivity index (χ0) is 14.5. The van der Waals surface area contributed by atoms with Crippen molar-refractivity contribution in [3.8, 4) is 0 Å². The normalized spacial score (nSPS) is 16.6. The summed E-state index contributed by atoms with van der Waals surface area (Å²) in [6.45, 7) is 3.87. The lowest BCUT2D eigenvalue weighted by Crippen LogP contribution is -2.50. The number of nitrogens with zero attached hydrogens (tertiary/aromatic N) is 1. The molecular formula is C14H17ClN2O3.